The summed E-state index contributed by atoms with van der Waals surface area (Å²) in [5, 5.41) is 3.80. The van der Waals surface area contributed by atoms with Crippen LogP contribution < -0.4 is 16.5 Å². The summed E-state index contributed by atoms with van der Waals surface area (Å²) in [7, 11) is 0. The van der Waals surface area contributed by atoms with Gasteiger partial charge in [-0.05, 0) is 33.1 Å². The minimum Gasteiger partial charge on any atom is -0.368 e. The number of nitrogens with zero attached hydrogens (tertiary/aromatic N) is 3. The smallest absolute Gasteiger partial charge is 0.337 e. The molecule has 0 aromatic carbocycles. The van der Waals surface area contributed by atoms with Crippen molar-refractivity contribution >= 4 is 35.4 Å². The van der Waals surface area contributed by atoms with Crippen molar-refractivity contribution in [1.82, 2.24) is 25.6 Å². The van der Waals surface area contributed by atoms with Gasteiger partial charge in [0.1, 0.15) is 6.54 Å². The molecule has 3 rings (SSSR count). The number of nitrogens with two attached hydrogens (primary N) is 1. The fraction of sp³-hybridized carbons (Fsp3) is 0.765. The lowest BCUT2D eigenvalue weighted by Gasteiger charge is -2.49. The van der Waals surface area contributed by atoms with E-state index in [1.165, 1.54) is 4.90 Å². The van der Waals surface area contributed by atoms with Crippen LogP contribution in [0, 0.1) is 5.92 Å². The highest BCUT2D eigenvalue weighted by Crippen LogP contribution is 2.39. The minimum atomic E-state index is -0.737. The van der Waals surface area contributed by atoms with Crippen LogP contribution in [-0.2, 0) is 14.4 Å². The SMILES string of the molecule is CC(C)NC(=O)CCN1C(=O)C2CC(Cl)CCC2N2C(=O)N(CC(N)=O)NC12. The van der Waals surface area contributed by atoms with Gasteiger partial charge in [-0.2, -0.15) is 5.43 Å². The van der Waals surface area contributed by atoms with Gasteiger partial charge in [-0.25, -0.2) is 9.80 Å². The van der Waals surface area contributed by atoms with Gasteiger partial charge in [0, 0.05) is 30.4 Å². The molecule has 2 aliphatic heterocycles. The first kappa shape index (κ1) is 20.7. The number of primary amides is 1. The maximum Gasteiger partial charge on any atom is 0.337 e. The molecule has 0 spiro atoms. The number of fused-ring (bicyclic) bond motifs is 3. The zero-order chi connectivity index (χ0) is 20.6. The van der Waals surface area contributed by atoms with Crippen LogP contribution in [0.25, 0.3) is 0 Å². The van der Waals surface area contributed by atoms with Crippen molar-refractivity contribution in [3.63, 3.8) is 0 Å². The molecule has 11 heteroatoms. The molecule has 3 fully saturated rings. The lowest BCUT2D eigenvalue weighted by molar-refractivity contribution is -0.156. The van der Waals surface area contributed by atoms with Crippen LogP contribution in [0.5, 0.6) is 0 Å². The first-order valence-corrected chi connectivity index (χ1v) is 10.0. The number of hydrogen-bond acceptors (Lipinski definition) is 5. The van der Waals surface area contributed by atoms with Gasteiger partial charge in [-0.3, -0.25) is 19.3 Å². The van der Waals surface area contributed by atoms with Crippen LogP contribution in [0.2, 0.25) is 0 Å². The van der Waals surface area contributed by atoms with Crippen molar-refractivity contribution in [2.24, 2.45) is 11.7 Å². The van der Waals surface area contributed by atoms with Crippen molar-refractivity contribution in [3.8, 4) is 0 Å². The van der Waals surface area contributed by atoms with Crippen LogP contribution in [0.3, 0.4) is 0 Å². The molecular weight excluding hydrogens is 388 g/mol. The summed E-state index contributed by atoms with van der Waals surface area (Å²) in [6.45, 7) is 3.58. The molecule has 0 aromatic rings. The van der Waals surface area contributed by atoms with E-state index in [1.807, 2.05) is 13.8 Å². The van der Waals surface area contributed by atoms with Gasteiger partial charge in [0.2, 0.25) is 17.7 Å². The van der Waals surface area contributed by atoms with Crippen molar-refractivity contribution in [2.75, 3.05) is 13.1 Å². The van der Waals surface area contributed by atoms with E-state index < -0.39 is 24.1 Å². The first-order chi connectivity index (χ1) is 13.2. The van der Waals surface area contributed by atoms with E-state index in [2.05, 4.69) is 10.7 Å². The Balaban J connectivity index is 1.82. The fourth-order valence-electron chi connectivity index (χ4n) is 4.20. The summed E-state index contributed by atoms with van der Waals surface area (Å²) in [5.41, 5.74) is 8.15. The zero-order valence-electron chi connectivity index (χ0n) is 16.1. The van der Waals surface area contributed by atoms with E-state index in [0.717, 1.165) is 5.01 Å². The number of amides is 5. The van der Waals surface area contributed by atoms with Gasteiger partial charge in [0.25, 0.3) is 0 Å². The summed E-state index contributed by atoms with van der Waals surface area (Å²) in [5.74, 6) is -1.38. The molecule has 10 nitrogen and oxygen atoms in total. The number of hydrazine groups is 1. The molecule has 2 saturated heterocycles. The van der Waals surface area contributed by atoms with E-state index in [0.29, 0.717) is 19.3 Å². The van der Waals surface area contributed by atoms with E-state index >= 15 is 0 Å². The monoisotopic (exact) mass is 414 g/mol. The topological polar surface area (TPSA) is 128 Å². The Labute approximate surface area is 168 Å². The predicted molar refractivity (Wildman–Crippen MR) is 100 cm³/mol. The number of carbonyl (C=O) groups excluding carboxylic acids is 4. The normalized spacial score (nSPS) is 29.8. The Morgan fingerprint density at radius 1 is 1.32 bits per heavy atom. The molecule has 1 aliphatic carbocycles. The maximum atomic E-state index is 13.2. The van der Waals surface area contributed by atoms with Gasteiger partial charge in [0.15, 0.2) is 6.29 Å². The van der Waals surface area contributed by atoms with Gasteiger partial charge < -0.3 is 16.0 Å². The number of alkyl halides is 1. The van der Waals surface area contributed by atoms with Crippen LogP contribution in [-0.4, -0.2) is 75.4 Å². The molecule has 4 N–H and O–H groups in total. The Kier molecular flexibility index (Phi) is 5.99. The second-order valence-corrected chi connectivity index (χ2v) is 8.45. The Morgan fingerprint density at radius 3 is 2.68 bits per heavy atom. The summed E-state index contributed by atoms with van der Waals surface area (Å²) >= 11 is 6.29. The van der Waals surface area contributed by atoms with Crippen molar-refractivity contribution in [1.29, 1.82) is 0 Å². The lowest BCUT2D eigenvalue weighted by Crippen LogP contribution is -2.67. The summed E-state index contributed by atoms with van der Waals surface area (Å²) in [6.07, 6.45) is 1.17. The molecule has 5 amide bonds. The second-order valence-electron chi connectivity index (χ2n) is 7.83. The average molecular weight is 415 g/mol. The first-order valence-electron chi connectivity index (χ1n) is 9.57. The number of nitrogens with one attached hydrogen (secondary N) is 2. The number of carbonyl (C=O) groups is 4. The molecule has 4 unspecified atom stereocenters. The molecule has 0 radical (unpaired) electrons. The van der Waals surface area contributed by atoms with Crippen LogP contribution >= 0.6 is 11.6 Å². The van der Waals surface area contributed by atoms with Gasteiger partial charge in [-0.1, -0.05) is 0 Å². The van der Waals surface area contributed by atoms with Crippen LogP contribution in [0.1, 0.15) is 39.5 Å². The maximum absolute atomic E-state index is 13.2. The van der Waals surface area contributed by atoms with Gasteiger partial charge >= 0.3 is 6.03 Å². The van der Waals surface area contributed by atoms with Crippen molar-refractivity contribution in [3.05, 3.63) is 0 Å². The number of rotatable bonds is 6. The van der Waals surface area contributed by atoms with E-state index in [-0.39, 0.29) is 48.8 Å². The Bertz CT molecular complexity index is 674. The van der Waals surface area contributed by atoms with Crippen molar-refractivity contribution in [2.45, 2.75) is 63.3 Å². The highest BCUT2D eigenvalue weighted by Gasteiger charge is 2.55. The molecule has 28 heavy (non-hydrogen) atoms. The highest BCUT2D eigenvalue weighted by atomic mass is 35.5. The predicted octanol–water partition coefficient (Wildman–Crippen LogP) is -0.469. The standard InChI is InChI=1S/C17H27ClN6O4/c1-9(2)20-14(26)5-6-22-15(27)11-7-10(18)3-4-12(11)24-16(22)21-23(17(24)28)8-13(19)25/h9-12,16,21H,3-8H2,1-2H3,(H2,19,25)(H,20,26). The zero-order valence-corrected chi connectivity index (χ0v) is 16.8. The van der Waals surface area contributed by atoms with Gasteiger partial charge in [0.05, 0.1) is 5.92 Å². The third-order valence-electron chi connectivity index (χ3n) is 5.33. The molecule has 3 aliphatic rings. The fourth-order valence-corrected chi connectivity index (χ4v) is 4.51. The number of halogens is 1. The lowest BCUT2D eigenvalue weighted by atomic mass is 9.80. The third kappa shape index (κ3) is 4.02. The molecular formula is C17H27ClN6O4. The summed E-state index contributed by atoms with van der Waals surface area (Å²) in [6, 6.07) is -0.680. The van der Waals surface area contributed by atoms with Crippen LogP contribution in [0.15, 0.2) is 0 Å². The molecule has 4 atom stereocenters. The molecule has 1 saturated carbocycles. The minimum absolute atomic E-state index is 0.00183. The van der Waals surface area contributed by atoms with Gasteiger partial charge in [-0.15, -0.1) is 11.6 Å². The third-order valence-corrected chi connectivity index (χ3v) is 5.73. The van der Waals surface area contributed by atoms with Crippen LogP contribution in [0.4, 0.5) is 4.79 Å². The molecule has 0 bridgehead atoms. The Morgan fingerprint density at radius 2 is 2.04 bits per heavy atom. The molecule has 156 valence electrons. The average Bonchev–Trinajstić information content (AvgIpc) is 2.90. The quantitative estimate of drug-likeness (QED) is 0.506. The van der Waals surface area contributed by atoms with E-state index in [9.17, 15) is 19.2 Å². The number of hydrogen-bond donors (Lipinski definition) is 3. The largest absolute Gasteiger partial charge is 0.368 e. The molecule has 0 aromatic heterocycles. The van der Waals surface area contributed by atoms with E-state index in [4.69, 9.17) is 17.3 Å². The van der Waals surface area contributed by atoms with E-state index in [1.54, 1.807) is 4.90 Å². The Hall–Kier alpha value is -2.07. The molecule has 2 heterocycles. The summed E-state index contributed by atoms with van der Waals surface area (Å²) in [4.78, 5) is 52.5. The van der Waals surface area contributed by atoms with Crippen molar-refractivity contribution < 1.29 is 19.2 Å². The highest BCUT2D eigenvalue weighted by molar-refractivity contribution is 6.20. The summed E-state index contributed by atoms with van der Waals surface area (Å²) < 4.78 is 0. The second kappa shape index (κ2) is 8.12. The number of urea groups is 1.